The summed E-state index contributed by atoms with van der Waals surface area (Å²) < 4.78 is 4.94. The summed E-state index contributed by atoms with van der Waals surface area (Å²) in [6, 6.07) is 2.61. The van der Waals surface area contributed by atoms with E-state index in [1.54, 1.807) is 6.92 Å². The van der Waals surface area contributed by atoms with Crippen molar-refractivity contribution in [2.75, 3.05) is 5.32 Å². The number of hydrogen-bond acceptors (Lipinski definition) is 5. The molecule has 0 spiro atoms. The second-order valence-corrected chi connectivity index (χ2v) is 3.05. The normalized spacial score (nSPS) is 10.1. The molecule has 0 unspecified atom stereocenters. The van der Waals surface area contributed by atoms with Crippen LogP contribution in [0, 0.1) is 6.92 Å². The monoisotopic (exact) mass is 220 g/mol. The molecule has 1 amide bonds. The average Bonchev–Trinajstić information content (AvgIpc) is 2.65. The van der Waals surface area contributed by atoms with E-state index in [0.29, 0.717) is 5.69 Å². The molecule has 0 aliphatic heterocycles. The molecule has 0 aliphatic carbocycles. The number of aromatic amines is 1. The summed E-state index contributed by atoms with van der Waals surface area (Å²) >= 11 is 0. The molecule has 7 nitrogen and oxygen atoms in total. The van der Waals surface area contributed by atoms with Crippen LogP contribution in [0.2, 0.25) is 0 Å². The third-order valence-corrected chi connectivity index (χ3v) is 1.75. The highest BCUT2D eigenvalue weighted by Crippen LogP contribution is 2.06. The first kappa shape index (κ1) is 10.1. The van der Waals surface area contributed by atoms with Crippen LogP contribution in [0.25, 0.3) is 0 Å². The number of anilines is 1. The molecule has 0 fully saturated rings. The molecule has 0 bridgehead atoms. The highest BCUT2D eigenvalue weighted by atomic mass is 16.4. The van der Waals surface area contributed by atoms with Crippen molar-refractivity contribution in [1.29, 1.82) is 0 Å². The first-order chi connectivity index (χ1) is 7.65. The van der Waals surface area contributed by atoms with Gasteiger partial charge in [0.2, 0.25) is 0 Å². The second kappa shape index (κ2) is 3.97. The Hall–Kier alpha value is -2.44. The number of nitrogens with one attached hydrogen (secondary N) is 2. The summed E-state index contributed by atoms with van der Waals surface area (Å²) in [6.45, 7) is 1.73. The van der Waals surface area contributed by atoms with Crippen molar-refractivity contribution in [3.8, 4) is 0 Å². The largest absolute Gasteiger partial charge is 0.432 e. The Balaban J connectivity index is 2.14. The van der Waals surface area contributed by atoms with Crippen molar-refractivity contribution in [1.82, 2.24) is 15.2 Å². The van der Waals surface area contributed by atoms with E-state index in [2.05, 4.69) is 20.5 Å². The molecule has 0 aromatic carbocycles. The lowest BCUT2D eigenvalue weighted by Gasteiger charge is -1.98. The zero-order valence-electron chi connectivity index (χ0n) is 8.35. The van der Waals surface area contributed by atoms with Gasteiger partial charge in [0.1, 0.15) is 12.0 Å². The van der Waals surface area contributed by atoms with Gasteiger partial charge in [0.05, 0.1) is 5.69 Å². The van der Waals surface area contributed by atoms with Crippen LogP contribution < -0.4 is 10.9 Å². The molecule has 0 saturated carbocycles. The minimum Gasteiger partial charge on any atom is -0.432 e. The van der Waals surface area contributed by atoms with Gasteiger partial charge in [0.25, 0.3) is 11.5 Å². The fraction of sp³-hybridized carbons (Fsp3) is 0.111. The maximum Gasteiger partial charge on any atom is 0.301 e. The summed E-state index contributed by atoms with van der Waals surface area (Å²) in [4.78, 5) is 26.2. The summed E-state index contributed by atoms with van der Waals surface area (Å²) in [6.07, 6.45) is 1.41. The highest BCUT2D eigenvalue weighted by Gasteiger charge is 2.10. The van der Waals surface area contributed by atoms with Gasteiger partial charge in [-0.1, -0.05) is 0 Å². The first-order valence-electron chi connectivity index (χ1n) is 4.44. The smallest absolute Gasteiger partial charge is 0.301 e. The molecule has 16 heavy (non-hydrogen) atoms. The summed E-state index contributed by atoms with van der Waals surface area (Å²) in [5.74, 6) is -0.502. The SMILES string of the molecule is Cc1coc(NC(=O)c2ccc(=O)[nH]n2)n1. The Kier molecular flexibility index (Phi) is 2.50. The van der Waals surface area contributed by atoms with E-state index in [1.165, 1.54) is 18.4 Å². The fourth-order valence-electron chi connectivity index (χ4n) is 1.04. The Labute approximate surface area is 89.5 Å². The average molecular weight is 220 g/mol. The lowest BCUT2D eigenvalue weighted by molar-refractivity contribution is 0.101. The van der Waals surface area contributed by atoms with Crippen LogP contribution in [0.3, 0.4) is 0 Å². The van der Waals surface area contributed by atoms with Crippen LogP contribution >= 0.6 is 0 Å². The van der Waals surface area contributed by atoms with Crippen LogP contribution in [0.1, 0.15) is 16.2 Å². The lowest BCUT2D eigenvalue weighted by atomic mass is 10.4. The lowest BCUT2D eigenvalue weighted by Crippen LogP contribution is -2.17. The van der Waals surface area contributed by atoms with Crippen molar-refractivity contribution in [3.05, 3.63) is 40.1 Å². The number of carbonyl (C=O) groups is 1. The van der Waals surface area contributed by atoms with Gasteiger partial charge in [-0.15, -0.1) is 0 Å². The molecular weight excluding hydrogens is 212 g/mol. The van der Waals surface area contributed by atoms with Crippen molar-refractivity contribution < 1.29 is 9.21 Å². The van der Waals surface area contributed by atoms with Crippen LogP contribution in [-0.4, -0.2) is 21.1 Å². The number of nitrogens with zero attached hydrogens (tertiary/aromatic N) is 2. The third-order valence-electron chi connectivity index (χ3n) is 1.75. The predicted molar refractivity (Wildman–Crippen MR) is 54.1 cm³/mol. The van der Waals surface area contributed by atoms with Crippen molar-refractivity contribution in [2.45, 2.75) is 6.92 Å². The molecule has 2 rings (SSSR count). The van der Waals surface area contributed by atoms with Crippen molar-refractivity contribution >= 4 is 11.9 Å². The predicted octanol–water partition coefficient (Wildman–Crippen LogP) is 0.319. The Morgan fingerprint density at radius 1 is 1.50 bits per heavy atom. The number of amides is 1. The maximum atomic E-state index is 11.5. The van der Waals surface area contributed by atoms with E-state index in [4.69, 9.17) is 4.42 Å². The van der Waals surface area contributed by atoms with E-state index < -0.39 is 5.91 Å². The number of aryl methyl sites for hydroxylation is 1. The topological polar surface area (TPSA) is 101 Å². The number of H-pyrrole nitrogens is 1. The zero-order valence-corrected chi connectivity index (χ0v) is 8.35. The van der Waals surface area contributed by atoms with Gasteiger partial charge < -0.3 is 4.42 Å². The van der Waals surface area contributed by atoms with Gasteiger partial charge in [0, 0.05) is 6.07 Å². The number of carbonyl (C=O) groups excluding carboxylic acids is 1. The zero-order chi connectivity index (χ0) is 11.5. The second-order valence-electron chi connectivity index (χ2n) is 3.05. The maximum absolute atomic E-state index is 11.5. The van der Waals surface area contributed by atoms with Crippen LogP contribution in [0.5, 0.6) is 0 Å². The summed E-state index contributed by atoms with van der Waals surface area (Å²) in [5.41, 5.74) is 0.365. The van der Waals surface area contributed by atoms with Crippen molar-refractivity contribution in [2.24, 2.45) is 0 Å². The molecule has 2 aromatic rings. The van der Waals surface area contributed by atoms with Crippen LogP contribution in [-0.2, 0) is 0 Å². The number of rotatable bonds is 2. The molecule has 82 valence electrons. The third kappa shape index (κ3) is 2.14. The van der Waals surface area contributed by atoms with E-state index in [9.17, 15) is 9.59 Å². The Morgan fingerprint density at radius 2 is 2.31 bits per heavy atom. The van der Waals surface area contributed by atoms with Gasteiger partial charge in [-0.2, -0.15) is 10.1 Å². The minimum atomic E-state index is -0.502. The van der Waals surface area contributed by atoms with E-state index in [-0.39, 0.29) is 17.3 Å². The van der Waals surface area contributed by atoms with E-state index in [0.717, 1.165) is 0 Å². The molecule has 2 heterocycles. The number of oxazole rings is 1. The van der Waals surface area contributed by atoms with Crippen LogP contribution in [0.4, 0.5) is 6.01 Å². The standard InChI is InChI=1S/C9H8N4O3/c1-5-4-16-9(10-5)11-8(15)6-2-3-7(14)13-12-6/h2-4H,1H3,(H,13,14)(H,10,11,15). The Morgan fingerprint density at radius 3 is 2.88 bits per heavy atom. The van der Waals surface area contributed by atoms with Gasteiger partial charge in [-0.25, -0.2) is 5.10 Å². The fourth-order valence-corrected chi connectivity index (χ4v) is 1.04. The number of hydrogen-bond donors (Lipinski definition) is 2. The molecule has 2 N–H and O–H groups in total. The Bertz CT molecular complexity index is 552. The first-order valence-corrected chi connectivity index (χ1v) is 4.44. The molecule has 0 aliphatic rings. The molecule has 2 aromatic heterocycles. The van der Waals surface area contributed by atoms with Crippen molar-refractivity contribution in [3.63, 3.8) is 0 Å². The number of aromatic nitrogens is 3. The van der Waals surface area contributed by atoms with Gasteiger partial charge in [-0.05, 0) is 13.0 Å². The summed E-state index contributed by atoms with van der Waals surface area (Å²) in [5, 5.41) is 8.11. The van der Waals surface area contributed by atoms with Crippen LogP contribution in [0.15, 0.2) is 27.6 Å². The molecular formula is C9H8N4O3. The molecule has 0 radical (unpaired) electrons. The van der Waals surface area contributed by atoms with Gasteiger partial charge in [-0.3, -0.25) is 14.9 Å². The summed E-state index contributed by atoms with van der Waals surface area (Å²) in [7, 11) is 0. The molecule has 7 heteroatoms. The van der Waals surface area contributed by atoms with E-state index in [1.807, 2.05) is 0 Å². The van der Waals surface area contributed by atoms with Gasteiger partial charge >= 0.3 is 6.01 Å². The molecule has 0 saturated heterocycles. The molecule has 0 atom stereocenters. The van der Waals surface area contributed by atoms with Gasteiger partial charge in [0.15, 0.2) is 0 Å². The highest BCUT2D eigenvalue weighted by molar-refractivity contribution is 6.01. The quantitative estimate of drug-likeness (QED) is 0.758. The van der Waals surface area contributed by atoms with E-state index >= 15 is 0 Å². The minimum absolute atomic E-state index is 0.0791.